The van der Waals surface area contributed by atoms with Crippen LogP contribution in [0, 0.1) is 6.92 Å². The maximum atomic E-state index is 11.6. The fourth-order valence-corrected chi connectivity index (χ4v) is 4.90. The van der Waals surface area contributed by atoms with Crippen molar-refractivity contribution in [2.45, 2.75) is 51.6 Å². The van der Waals surface area contributed by atoms with Gasteiger partial charge in [-0.2, -0.15) is 0 Å². The van der Waals surface area contributed by atoms with Gasteiger partial charge in [-0.3, -0.25) is 0 Å². The molecule has 0 radical (unpaired) electrons. The minimum Gasteiger partial charge on any atom is -0.465 e. The van der Waals surface area contributed by atoms with E-state index < -0.39 is 0 Å². The molecule has 1 aliphatic carbocycles. The second-order valence-electron chi connectivity index (χ2n) is 8.93. The molecule has 3 aromatic rings. The zero-order valence-corrected chi connectivity index (χ0v) is 18.9. The van der Waals surface area contributed by atoms with Gasteiger partial charge in [0.1, 0.15) is 0 Å². The van der Waals surface area contributed by atoms with Gasteiger partial charge in [0.2, 0.25) is 5.95 Å². The zero-order valence-electron chi connectivity index (χ0n) is 18.9. The lowest BCUT2D eigenvalue weighted by molar-refractivity contribution is 0.0600. The number of nitrogens with one attached hydrogen (secondary N) is 1. The fourth-order valence-electron chi connectivity index (χ4n) is 4.90. The number of esters is 1. The lowest BCUT2D eigenvalue weighted by atomic mass is 10.0. The molecule has 6 nitrogen and oxygen atoms in total. The number of rotatable bonds is 5. The van der Waals surface area contributed by atoms with Crippen LogP contribution < -0.4 is 10.2 Å². The van der Waals surface area contributed by atoms with E-state index in [-0.39, 0.29) is 5.97 Å². The topological polar surface area (TPSA) is 67.3 Å². The molecule has 1 N–H and O–H groups in total. The molecule has 5 rings (SSSR count). The number of nitrogens with zero attached hydrogens (tertiary/aromatic N) is 3. The first-order valence-corrected chi connectivity index (χ1v) is 11.6. The van der Waals surface area contributed by atoms with Crippen molar-refractivity contribution in [2.75, 3.05) is 25.1 Å². The van der Waals surface area contributed by atoms with Crippen LogP contribution in [0.25, 0.3) is 10.9 Å². The van der Waals surface area contributed by atoms with Crippen LogP contribution in [0.3, 0.4) is 0 Å². The van der Waals surface area contributed by atoms with Crippen molar-refractivity contribution >= 4 is 22.8 Å². The molecule has 1 aromatic heterocycles. The van der Waals surface area contributed by atoms with Crippen LogP contribution >= 0.6 is 0 Å². The molecule has 2 heterocycles. The second-order valence-corrected chi connectivity index (χ2v) is 8.93. The Labute approximate surface area is 189 Å². The molecule has 166 valence electrons. The van der Waals surface area contributed by atoms with Gasteiger partial charge in [0, 0.05) is 31.1 Å². The highest BCUT2D eigenvalue weighted by atomic mass is 16.5. The highest BCUT2D eigenvalue weighted by molar-refractivity contribution is 5.89. The Bertz CT molecular complexity index is 1130. The van der Waals surface area contributed by atoms with E-state index in [1.165, 1.54) is 48.4 Å². The van der Waals surface area contributed by atoms with E-state index in [1.54, 1.807) is 0 Å². The number of benzene rings is 2. The van der Waals surface area contributed by atoms with E-state index in [2.05, 4.69) is 29.3 Å². The molecule has 2 aromatic carbocycles. The van der Waals surface area contributed by atoms with Gasteiger partial charge in [-0.05, 0) is 80.0 Å². The Morgan fingerprint density at radius 3 is 2.53 bits per heavy atom. The first-order chi connectivity index (χ1) is 15.6. The van der Waals surface area contributed by atoms with E-state index in [1.807, 2.05) is 24.3 Å². The molecule has 32 heavy (non-hydrogen) atoms. The van der Waals surface area contributed by atoms with Crippen LogP contribution in [0.15, 0.2) is 36.4 Å². The van der Waals surface area contributed by atoms with Gasteiger partial charge in [0.05, 0.1) is 23.9 Å². The smallest absolute Gasteiger partial charge is 0.337 e. The molecule has 0 amide bonds. The van der Waals surface area contributed by atoms with Crippen molar-refractivity contribution < 1.29 is 9.53 Å². The third-order valence-electron chi connectivity index (χ3n) is 6.84. The second kappa shape index (κ2) is 8.87. The number of aromatic nitrogens is 2. The first-order valence-electron chi connectivity index (χ1n) is 11.6. The number of methoxy groups -OCH3 is 1. The highest BCUT2D eigenvalue weighted by Crippen LogP contribution is 2.29. The molecule has 0 unspecified atom stereocenters. The average Bonchev–Trinajstić information content (AvgIpc) is 3.29. The van der Waals surface area contributed by atoms with E-state index >= 15 is 0 Å². The fraction of sp³-hybridized carbons (Fsp3) is 0.423. The average molecular weight is 431 g/mol. The SMILES string of the molecule is COC(=O)c1ccc(CNC2CCN(c3nc(C)c4cc5c(cc4n3)CCC5)CC2)cc1. The van der Waals surface area contributed by atoms with E-state index in [0.29, 0.717) is 11.6 Å². The lowest BCUT2D eigenvalue weighted by Crippen LogP contribution is -2.43. The van der Waals surface area contributed by atoms with Crippen molar-refractivity contribution in [2.24, 2.45) is 0 Å². The summed E-state index contributed by atoms with van der Waals surface area (Å²) >= 11 is 0. The maximum absolute atomic E-state index is 11.6. The van der Waals surface area contributed by atoms with Crippen LogP contribution in [0.4, 0.5) is 5.95 Å². The minimum atomic E-state index is -0.299. The molecule has 0 saturated carbocycles. The largest absolute Gasteiger partial charge is 0.465 e. The summed E-state index contributed by atoms with van der Waals surface area (Å²) in [4.78, 5) is 23.7. The standard InChI is InChI=1S/C26H30N4O2/c1-17-23-14-20-4-3-5-21(20)15-24(23)29-26(28-17)30-12-10-22(11-13-30)27-16-18-6-8-19(9-7-18)25(31)32-2/h6-9,14-15,22,27H,3-5,10-13,16H2,1-2H3. The number of carbonyl (C=O) groups excluding carboxylic acids is 1. The van der Waals surface area contributed by atoms with Gasteiger partial charge in [-0.15, -0.1) is 0 Å². The molecule has 0 atom stereocenters. The van der Waals surface area contributed by atoms with Gasteiger partial charge in [-0.1, -0.05) is 12.1 Å². The van der Waals surface area contributed by atoms with Crippen molar-refractivity contribution in [1.29, 1.82) is 0 Å². The number of hydrogen-bond acceptors (Lipinski definition) is 6. The summed E-state index contributed by atoms with van der Waals surface area (Å²) in [7, 11) is 1.40. The summed E-state index contributed by atoms with van der Waals surface area (Å²) in [6.45, 7) is 4.81. The number of anilines is 1. The van der Waals surface area contributed by atoms with Crippen molar-refractivity contribution in [3.05, 3.63) is 64.3 Å². The molecule has 0 bridgehead atoms. The summed E-state index contributed by atoms with van der Waals surface area (Å²) in [5.41, 5.74) is 6.85. The van der Waals surface area contributed by atoms with Crippen molar-refractivity contribution in [1.82, 2.24) is 15.3 Å². The van der Waals surface area contributed by atoms with E-state index in [0.717, 1.165) is 49.6 Å². The molecule has 1 aliphatic heterocycles. The van der Waals surface area contributed by atoms with Crippen LogP contribution in [0.1, 0.15) is 52.0 Å². The van der Waals surface area contributed by atoms with Gasteiger partial charge < -0.3 is 15.0 Å². The monoisotopic (exact) mass is 430 g/mol. The zero-order chi connectivity index (χ0) is 22.1. The molecule has 0 spiro atoms. The predicted molar refractivity (Wildman–Crippen MR) is 126 cm³/mol. The number of ether oxygens (including phenoxy) is 1. The van der Waals surface area contributed by atoms with E-state index in [4.69, 9.17) is 14.7 Å². The molecular weight excluding hydrogens is 400 g/mol. The van der Waals surface area contributed by atoms with Crippen molar-refractivity contribution in [3.63, 3.8) is 0 Å². The van der Waals surface area contributed by atoms with Gasteiger partial charge in [0.25, 0.3) is 0 Å². The van der Waals surface area contributed by atoms with Gasteiger partial charge in [-0.25, -0.2) is 14.8 Å². The molecule has 1 fully saturated rings. The van der Waals surface area contributed by atoms with Crippen LogP contribution in [-0.4, -0.2) is 42.2 Å². The maximum Gasteiger partial charge on any atom is 0.337 e. The quantitative estimate of drug-likeness (QED) is 0.618. The van der Waals surface area contributed by atoms with Crippen LogP contribution in [-0.2, 0) is 24.1 Å². The Kier molecular flexibility index (Phi) is 5.79. The Balaban J connectivity index is 1.20. The Hall–Kier alpha value is -2.99. The third kappa shape index (κ3) is 4.19. The molecule has 1 saturated heterocycles. The summed E-state index contributed by atoms with van der Waals surface area (Å²) in [6, 6.07) is 12.7. The van der Waals surface area contributed by atoms with E-state index in [9.17, 15) is 4.79 Å². The third-order valence-corrected chi connectivity index (χ3v) is 6.84. The van der Waals surface area contributed by atoms with Crippen molar-refractivity contribution in [3.8, 4) is 0 Å². The molecule has 6 heteroatoms. The molecular formula is C26H30N4O2. The number of aryl methyl sites for hydroxylation is 3. The summed E-state index contributed by atoms with van der Waals surface area (Å²) in [5.74, 6) is 0.567. The first kappa shape index (κ1) is 20.9. The summed E-state index contributed by atoms with van der Waals surface area (Å²) in [5, 5.41) is 4.86. The number of carbonyl (C=O) groups is 1. The highest BCUT2D eigenvalue weighted by Gasteiger charge is 2.22. The predicted octanol–water partition coefficient (Wildman–Crippen LogP) is 3.97. The molecule has 2 aliphatic rings. The van der Waals surface area contributed by atoms with Gasteiger partial charge >= 0.3 is 5.97 Å². The number of hydrogen-bond donors (Lipinski definition) is 1. The summed E-state index contributed by atoms with van der Waals surface area (Å²) < 4.78 is 4.76. The van der Waals surface area contributed by atoms with Crippen LogP contribution in [0.2, 0.25) is 0 Å². The Morgan fingerprint density at radius 1 is 1.09 bits per heavy atom. The lowest BCUT2D eigenvalue weighted by Gasteiger charge is -2.32. The summed E-state index contributed by atoms with van der Waals surface area (Å²) in [6.07, 6.45) is 5.73. The number of piperidine rings is 1. The number of fused-ring (bicyclic) bond motifs is 2. The van der Waals surface area contributed by atoms with Crippen LogP contribution in [0.5, 0.6) is 0 Å². The van der Waals surface area contributed by atoms with Gasteiger partial charge in [0.15, 0.2) is 0 Å². The Morgan fingerprint density at radius 2 is 1.81 bits per heavy atom. The minimum absolute atomic E-state index is 0.299. The normalized spacial score (nSPS) is 16.4.